The first kappa shape index (κ1) is 13.0. The molecule has 0 bridgehead atoms. The van der Waals surface area contributed by atoms with Crippen LogP contribution in [0.25, 0.3) is 0 Å². The maximum atomic E-state index is 9.52. The van der Waals surface area contributed by atoms with Gasteiger partial charge >= 0.3 is 0 Å². The zero-order chi connectivity index (χ0) is 12.4. The molecule has 0 aromatic heterocycles. The number of aromatic hydroxyl groups is 1. The lowest BCUT2D eigenvalue weighted by Gasteiger charge is -2.28. The lowest BCUT2D eigenvalue weighted by molar-refractivity contribution is 0.308. The Balaban J connectivity index is 2.21. The first-order valence-corrected chi connectivity index (χ1v) is 6.78. The van der Waals surface area contributed by atoms with Crippen LogP contribution in [-0.2, 0) is 0 Å². The van der Waals surface area contributed by atoms with E-state index in [0.717, 1.165) is 18.4 Å². The summed E-state index contributed by atoms with van der Waals surface area (Å²) in [4.78, 5) is 0. The summed E-state index contributed by atoms with van der Waals surface area (Å²) < 4.78 is 0. The molecule has 2 rings (SSSR count). The van der Waals surface area contributed by atoms with E-state index in [2.05, 4.69) is 0 Å². The highest BCUT2D eigenvalue weighted by atomic mass is 35.5. The van der Waals surface area contributed by atoms with Gasteiger partial charge in [-0.05, 0) is 36.5 Å². The Kier molecular flexibility index (Phi) is 4.18. The highest BCUT2D eigenvalue weighted by Crippen LogP contribution is 2.38. The average Bonchev–Trinajstić information content (AvgIpc) is 2.35. The largest absolute Gasteiger partial charge is 0.505 e. The van der Waals surface area contributed by atoms with E-state index in [9.17, 15) is 5.11 Å². The summed E-state index contributed by atoms with van der Waals surface area (Å²) in [7, 11) is 0. The molecule has 0 spiro atoms. The average molecular weight is 274 g/mol. The van der Waals surface area contributed by atoms with Gasteiger partial charge in [0.2, 0.25) is 0 Å². The van der Waals surface area contributed by atoms with Crippen LogP contribution in [-0.4, -0.2) is 5.11 Å². The van der Waals surface area contributed by atoms with Gasteiger partial charge in [-0.1, -0.05) is 42.5 Å². The molecule has 1 aliphatic rings. The zero-order valence-electron chi connectivity index (χ0n) is 9.63. The van der Waals surface area contributed by atoms with E-state index >= 15 is 0 Å². The zero-order valence-corrected chi connectivity index (χ0v) is 11.1. The maximum absolute atomic E-state index is 9.52. The van der Waals surface area contributed by atoms with Gasteiger partial charge in [0, 0.05) is 6.04 Å². The quantitative estimate of drug-likeness (QED) is 0.845. The number of nitrogens with two attached hydrogens (primary N) is 1. The Labute approximate surface area is 112 Å². The summed E-state index contributed by atoms with van der Waals surface area (Å²) in [5.74, 6) is 0.438. The Morgan fingerprint density at radius 2 is 1.65 bits per heavy atom. The van der Waals surface area contributed by atoms with Crippen molar-refractivity contribution in [3.05, 3.63) is 27.7 Å². The molecule has 1 aromatic carbocycles. The van der Waals surface area contributed by atoms with E-state index in [1.165, 1.54) is 19.3 Å². The third-order valence-electron chi connectivity index (χ3n) is 3.58. The van der Waals surface area contributed by atoms with E-state index in [0.29, 0.717) is 5.92 Å². The standard InChI is InChI=1S/C13H17Cl2NO/c14-10-6-9(7-11(15)13(10)17)12(16)8-4-2-1-3-5-8/h6-8,12,17H,1-5,16H2/t12-/m0/s1. The van der Waals surface area contributed by atoms with Crippen LogP contribution in [0, 0.1) is 5.92 Å². The molecule has 1 atom stereocenters. The van der Waals surface area contributed by atoms with Crippen molar-refractivity contribution in [1.82, 2.24) is 0 Å². The van der Waals surface area contributed by atoms with E-state index in [4.69, 9.17) is 28.9 Å². The number of rotatable bonds is 2. The minimum atomic E-state index is -0.0621. The Bertz CT molecular complexity index is 379. The number of hydrogen-bond acceptors (Lipinski definition) is 2. The van der Waals surface area contributed by atoms with Crippen LogP contribution in [0.1, 0.15) is 43.7 Å². The van der Waals surface area contributed by atoms with Crippen molar-refractivity contribution in [1.29, 1.82) is 0 Å². The van der Waals surface area contributed by atoms with Gasteiger partial charge in [-0.25, -0.2) is 0 Å². The maximum Gasteiger partial charge on any atom is 0.152 e. The molecular weight excluding hydrogens is 257 g/mol. The first-order chi connectivity index (χ1) is 8.09. The fourth-order valence-corrected chi connectivity index (χ4v) is 3.05. The molecule has 0 amide bonds. The molecule has 1 saturated carbocycles. The van der Waals surface area contributed by atoms with Crippen LogP contribution in [0.2, 0.25) is 10.0 Å². The van der Waals surface area contributed by atoms with Crippen LogP contribution >= 0.6 is 23.2 Å². The van der Waals surface area contributed by atoms with E-state index < -0.39 is 0 Å². The van der Waals surface area contributed by atoms with Gasteiger partial charge in [0.25, 0.3) is 0 Å². The van der Waals surface area contributed by atoms with E-state index in [1.807, 2.05) is 0 Å². The lowest BCUT2D eigenvalue weighted by Crippen LogP contribution is -2.23. The molecule has 2 nitrogen and oxygen atoms in total. The number of hydrogen-bond donors (Lipinski definition) is 2. The normalized spacial score (nSPS) is 19.2. The number of phenolic OH excluding ortho intramolecular Hbond substituents is 1. The van der Waals surface area contributed by atoms with Crippen LogP contribution in [0.5, 0.6) is 5.75 Å². The van der Waals surface area contributed by atoms with Crippen LogP contribution in [0.15, 0.2) is 12.1 Å². The fourth-order valence-electron chi connectivity index (χ4n) is 2.54. The second kappa shape index (κ2) is 5.47. The molecule has 0 aliphatic heterocycles. The van der Waals surface area contributed by atoms with Crippen molar-refractivity contribution in [2.75, 3.05) is 0 Å². The third-order valence-corrected chi connectivity index (χ3v) is 4.16. The summed E-state index contributed by atoms with van der Waals surface area (Å²) in [5.41, 5.74) is 7.18. The molecule has 0 radical (unpaired) electrons. The van der Waals surface area contributed by atoms with E-state index in [-0.39, 0.29) is 21.8 Å². The Morgan fingerprint density at radius 3 is 2.18 bits per heavy atom. The van der Waals surface area contributed by atoms with Crippen molar-refractivity contribution in [3.8, 4) is 5.75 Å². The Morgan fingerprint density at radius 1 is 1.12 bits per heavy atom. The molecule has 4 heteroatoms. The third kappa shape index (κ3) is 2.87. The number of phenols is 1. The molecule has 0 unspecified atom stereocenters. The fraction of sp³-hybridized carbons (Fsp3) is 0.538. The first-order valence-electron chi connectivity index (χ1n) is 6.03. The van der Waals surface area contributed by atoms with Gasteiger partial charge in [0.15, 0.2) is 5.75 Å². The smallest absolute Gasteiger partial charge is 0.152 e. The molecule has 1 fully saturated rings. The highest BCUT2D eigenvalue weighted by molar-refractivity contribution is 6.37. The summed E-state index contributed by atoms with van der Waals surface area (Å²) >= 11 is 11.8. The van der Waals surface area contributed by atoms with Crippen molar-refractivity contribution in [2.24, 2.45) is 11.7 Å². The number of halogens is 2. The SMILES string of the molecule is N[C@H](c1cc(Cl)c(O)c(Cl)c1)C1CCCCC1. The van der Waals surface area contributed by atoms with Gasteiger partial charge < -0.3 is 10.8 Å². The number of benzene rings is 1. The second-order valence-corrected chi connectivity index (χ2v) is 5.57. The van der Waals surface area contributed by atoms with Gasteiger partial charge in [-0.3, -0.25) is 0 Å². The summed E-state index contributed by atoms with van der Waals surface area (Å²) in [6, 6.07) is 3.41. The monoisotopic (exact) mass is 273 g/mol. The molecule has 1 aliphatic carbocycles. The predicted octanol–water partition coefficient (Wildman–Crippen LogP) is 4.28. The topological polar surface area (TPSA) is 46.2 Å². The van der Waals surface area contributed by atoms with E-state index in [1.54, 1.807) is 12.1 Å². The van der Waals surface area contributed by atoms with Gasteiger partial charge in [0.05, 0.1) is 10.0 Å². The second-order valence-electron chi connectivity index (χ2n) is 4.76. The minimum absolute atomic E-state index is 0.0362. The molecule has 1 aromatic rings. The molecule has 0 heterocycles. The van der Waals surface area contributed by atoms with Gasteiger partial charge in [0.1, 0.15) is 0 Å². The Hall–Kier alpha value is -0.440. The summed E-state index contributed by atoms with van der Waals surface area (Å²) in [5, 5.41) is 10.1. The molecule has 17 heavy (non-hydrogen) atoms. The van der Waals surface area contributed by atoms with Crippen molar-refractivity contribution < 1.29 is 5.11 Å². The highest BCUT2D eigenvalue weighted by Gasteiger charge is 2.23. The lowest BCUT2D eigenvalue weighted by atomic mass is 9.81. The van der Waals surface area contributed by atoms with Crippen molar-refractivity contribution in [2.45, 2.75) is 38.1 Å². The summed E-state index contributed by atoms with van der Waals surface area (Å²) in [6.45, 7) is 0. The van der Waals surface area contributed by atoms with Crippen molar-refractivity contribution in [3.63, 3.8) is 0 Å². The minimum Gasteiger partial charge on any atom is -0.505 e. The van der Waals surface area contributed by atoms with Crippen LogP contribution in [0.3, 0.4) is 0 Å². The van der Waals surface area contributed by atoms with Crippen molar-refractivity contribution >= 4 is 23.2 Å². The van der Waals surface area contributed by atoms with Gasteiger partial charge in [-0.15, -0.1) is 0 Å². The summed E-state index contributed by atoms with van der Waals surface area (Å²) in [6.07, 6.45) is 6.13. The molecule has 94 valence electrons. The molecule has 0 saturated heterocycles. The van der Waals surface area contributed by atoms with Crippen LogP contribution < -0.4 is 5.73 Å². The molecular formula is C13H17Cl2NO. The van der Waals surface area contributed by atoms with Crippen LogP contribution in [0.4, 0.5) is 0 Å². The van der Waals surface area contributed by atoms with Gasteiger partial charge in [-0.2, -0.15) is 0 Å². The molecule has 3 N–H and O–H groups in total. The predicted molar refractivity (Wildman–Crippen MR) is 71.6 cm³/mol.